The Bertz CT molecular complexity index is 688. The van der Waals surface area contributed by atoms with Crippen LogP contribution < -0.4 is 14.8 Å². The lowest BCUT2D eigenvalue weighted by molar-refractivity contribution is -0.116. The molecule has 0 radical (unpaired) electrons. The molecule has 0 aromatic heterocycles. The molecule has 128 valence electrons. The lowest BCUT2D eigenvalue weighted by Gasteiger charge is -2.12. The first-order chi connectivity index (χ1) is 11.6. The summed E-state index contributed by atoms with van der Waals surface area (Å²) < 4.78 is 11.2. The first kappa shape index (κ1) is 18.1. The highest BCUT2D eigenvalue weighted by atomic mass is 35.5. The number of hydrogen-bond donors (Lipinski definition) is 1. The summed E-state index contributed by atoms with van der Waals surface area (Å²) in [6.07, 6.45) is 0.995. The second-order valence-electron chi connectivity index (χ2n) is 5.29. The molecule has 0 aliphatic rings. The van der Waals surface area contributed by atoms with Gasteiger partial charge in [0.25, 0.3) is 0 Å². The van der Waals surface area contributed by atoms with E-state index < -0.39 is 0 Å². The number of rotatable bonds is 8. The predicted molar refractivity (Wildman–Crippen MR) is 97.2 cm³/mol. The Morgan fingerprint density at radius 2 is 1.79 bits per heavy atom. The molecular formula is C19H22ClNO3. The van der Waals surface area contributed by atoms with E-state index in [9.17, 15) is 4.79 Å². The second-order valence-corrected chi connectivity index (χ2v) is 5.70. The SMILES string of the molecule is CCOc1ccccc1OCCCC(=O)Nc1cccc(Cl)c1C. The maximum atomic E-state index is 12.0. The van der Waals surface area contributed by atoms with Crippen molar-refractivity contribution in [1.82, 2.24) is 0 Å². The first-order valence-corrected chi connectivity index (χ1v) is 8.39. The molecule has 2 aromatic carbocycles. The van der Waals surface area contributed by atoms with Gasteiger partial charge in [0.15, 0.2) is 11.5 Å². The van der Waals surface area contributed by atoms with E-state index in [-0.39, 0.29) is 5.91 Å². The maximum Gasteiger partial charge on any atom is 0.224 e. The Morgan fingerprint density at radius 1 is 1.08 bits per heavy atom. The number of amides is 1. The largest absolute Gasteiger partial charge is 0.490 e. The average molecular weight is 348 g/mol. The monoisotopic (exact) mass is 347 g/mol. The third-order valence-electron chi connectivity index (χ3n) is 3.50. The zero-order valence-electron chi connectivity index (χ0n) is 14.0. The molecule has 0 saturated carbocycles. The fourth-order valence-electron chi connectivity index (χ4n) is 2.21. The normalized spacial score (nSPS) is 10.3. The molecule has 0 bridgehead atoms. The Hall–Kier alpha value is -2.20. The Kier molecular flexibility index (Phi) is 6.94. The second kappa shape index (κ2) is 9.18. The number of carbonyl (C=O) groups is 1. The summed E-state index contributed by atoms with van der Waals surface area (Å²) in [5, 5.41) is 3.52. The van der Waals surface area contributed by atoms with Gasteiger partial charge < -0.3 is 14.8 Å². The van der Waals surface area contributed by atoms with E-state index in [1.807, 2.05) is 50.2 Å². The highest BCUT2D eigenvalue weighted by Gasteiger charge is 2.08. The van der Waals surface area contributed by atoms with Crippen LogP contribution in [0.4, 0.5) is 5.69 Å². The van der Waals surface area contributed by atoms with Gasteiger partial charge in [-0.3, -0.25) is 4.79 Å². The Balaban J connectivity index is 1.78. The minimum Gasteiger partial charge on any atom is -0.490 e. The van der Waals surface area contributed by atoms with Crippen molar-refractivity contribution in [1.29, 1.82) is 0 Å². The number of hydrogen-bond acceptors (Lipinski definition) is 3. The van der Waals surface area contributed by atoms with Crippen LogP contribution in [0.15, 0.2) is 42.5 Å². The van der Waals surface area contributed by atoms with E-state index in [1.54, 1.807) is 6.07 Å². The number of nitrogens with one attached hydrogen (secondary N) is 1. The number of benzene rings is 2. The van der Waals surface area contributed by atoms with Gasteiger partial charge in [-0.15, -0.1) is 0 Å². The van der Waals surface area contributed by atoms with Crippen LogP contribution in [0.25, 0.3) is 0 Å². The van der Waals surface area contributed by atoms with Crippen molar-refractivity contribution in [2.75, 3.05) is 18.5 Å². The summed E-state index contributed by atoms with van der Waals surface area (Å²) in [7, 11) is 0. The molecule has 0 fully saturated rings. The molecule has 0 unspecified atom stereocenters. The van der Waals surface area contributed by atoms with Crippen molar-refractivity contribution in [3.05, 3.63) is 53.1 Å². The minimum atomic E-state index is -0.0536. The highest BCUT2D eigenvalue weighted by Crippen LogP contribution is 2.26. The van der Waals surface area contributed by atoms with Crippen LogP contribution in [0.3, 0.4) is 0 Å². The maximum absolute atomic E-state index is 12.0. The standard InChI is InChI=1S/C19H22ClNO3/c1-3-23-17-10-4-5-11-18(17)24-13-7-12-19(22)21-16-9-6-8-15(20)14(16)2/h4-6,8-11H,3,7,12-13H2,1-2H3,(H,21,22). The van der Waals surface area contributed by atoms with Gasteiger partial charge in [0, 0.05) is 17.1 Å². The smallest absolute Gasteiger partial charge is 0.224 e. The van der Waals surface area contributed by atoms with E-state index in [2.05, 4.69) is 5.32 Å². The van der Waals surface area contributed by atoms with Crippen LogP contribution in [0, 0.1) is 6.92 Å². The number of anilines is 1. The first-order valence-electron chi connectivity index (χ1n) is 8.01. The minimum absolute atomic E-state index is 0.0536. The zero-order valence-corrected chi connectivity index (χ0v) is 14.7. The molecule has 1 N–H and O–H groups in total. The fraction of sp³-hybridized carbons (Fsp3) is 0.316. The lowest BCUT2D eigenvalue weighted by Crippen LogP contribution is -2.13. The molecule has 2 rings (SSSR count). The summed E-state index contributed by atoms with van der Waals surface area (Å²) in [5.74, 6) is 1.37. The van der Waals surface area contributed by atoms with Crippen LogP contribution in [0.5, 0.6) is 11.5 Å². The number of ether oxygens (including phenoxy) is 2. The third kappa shape index (κ3) is 5.17. The summed E-state index contributed by atoms with van der Waals surface area (Å²) in [6.45, 7) is 4.85. The van der Waals surface area contributed by atoms with E-state index in [0.717, 1.165) is 17.0 Å². The van der Waals surface area contributed by atoms with Gasteiger partial charge >= 0.3 is 0 Å². The van der Waals surface area contributed by atoms with Crippen LogP contribution in [0.1, 0.15) is 25.3 Å². The Labute approximate surface area is 147 Å². The topological polar surface area (TPSA) is 47.6 Å². The zero-order chi connectivity index (χ0) is 17.4. The number of carbonyl (C=O) groups excluding carboxylic acids is 1. The number of para-hydroxylation sites is 2. The molecule has 2 aromatic rings. The van der Waals surface area contributed by atoms with E-state index in [0.29, 0.717) is 36.8 Å². The van der Waals surface area contributed by atoms with E-state index >= 15 is 0 Å². The van der Waals surface area contributed by atoms with Crippen molar-refractivity contribution >= 4 is 23.2 Å². The quantitative estimate of drug-likeness (QED) is 0.695. The molecule has 0 heterocycles. The van der Waals surface area contributed by atoms with E-state index in [4.69, 9.17) is 21.1 Å². The van der Waals surface area contributed by atoms with Crippen molar-refractivity contribution in [3.8, 4) is 11.5 Å². The fourth-order valence-corrected chi connectivity index (χ4v) is 2.39. The Morgan fingerprint density at radius 3 is 2.50 bits per heavy atom. The van der Waals surface area contributed by atoms with Crippen LogP contribution in [-0.2, 0) is 4.79 Å². The molecule has 0 atom stereocenters. The molecule has 4 nitrogen and oxygen atoms in total. The van der Waals surface area contributed by atoms with Crippen LogP contribution in [0.2, 0.25) is 5.02 Å². The van der Waals surface area contributed by atoms with Crippen molar-refractivity contribution in [2.45, 2.75) is 26.7 Å². The van der Waals surface area contributed by atoms with Crippen molar-refractivity contribution in [2.24, 2.45) is 0 Å². The van der Waals surface area contributed by atoms with Crippen molar-refractivity contribution in [3.63, 3.8) is 0 Å². The van der Waals surface area contributed by atoms with Crippen LogP contribution in [-0.4, -0.2) is 19.1 Å². The van der Waals surface area contributed by atoms with Crippen molar-refractivity contribution < 1.29 is 14.3 Å². The molecular weight excluding hydrogens is 326 g/mol. The molecule has 0 aliphatic carbocycles. The third-order valence-corrected chi connectivity index (χ3v) is 3.91. The van der Waals surface area contributed by atoms with Gasteiger partial charge in [-0.05, 0) is 50.1 Å². The van der Waals surface area contributed by atoms with E-state index in [1.165, 1.54) is 0 Å². The summed E-state index contributed by atoms with van der Waals surface area (Å²) in [6, 6.07) is 13.0. The molecule has 0 aliphatic heterocycles. The average Bonchev–Trinajstić information content (AvgIpc) is 2.57. The van der Waals surface area contributed by atoms with Gasteiger partial charge in [0.05, 0.1) is 13.2 Å². The summed E-state index contributed by atoms with van der Waals surface area (Å²) in [4.78, 5) is 12.0. The van der Waals surface area contributed by atoms with Crippen LogP contribution >= 0.6 is 11.6 Å². The molecule has 0 saturated heterocycles. The van der Waals surface area contributed by atoms with Gasteiger partial charge in [-0.1, -0.05) is 29.8 Å². The number of halogens is 1. The summed E-state index contributed by atoms with van der Waals surface area (Å²) >= 11 is 6.05. The van der Waals surface area contributed by atoms with Gasteiger partial charge in [0.1, 0.15) is 0 Å². The lowest BCUT2D eigenvalue weighted by atomic mass is 10.2. The molecule has 1 amide bonds. The van der Waals surface area contributed by atoms with Gasteiger partial charge in [0.2, 0.25) is 5.91 Å². The predicted octanol–water partition coefficient (Wildman–Crippen LogP) is 4.84. The van der Waals surface area contributed by atoms with Gasteiger partial charge in [-0.25, -0.2) is 0 Å². The highest BCUT2D eigenvalue weighted by molar-refractivity contribution is 6.31. The van der Waals surface area contributed by atoms with Gasteiger partial charge in [-0.2, -0.15) is 0 Å². The summed E-state index contributed by atoms with van der Waals surface area (Å²) in [5.41, 5.74) is 1.62. The molecule has 0 spiro atoms. The molecule has 5 heteroatoms. The molecule has 24 heavy (non-hydrogen) atoms.